The fourth-order valence-electron chi connectivity index (χ4n) is 4.63. The fraction of sp³-hybridized carbons (Fsp3) is 0.125. The van der Waals surface area contributed by atoms with Gasteiger partial charge in [0.25, 0.3) is 5.91 Å². The van der Waals surface area contributed by atoms with Crippen LogP contribution in [-0.2, 0) is 12.8 Å². The van der Waals surface area contributed by atoms with E-state index in [1.807, 2.05) is 48.5 Å². The van der Waals surface area contributed by atoms with Gasteiger partial charge in [0.05, 0.1) is 11.1 Å². The summed E-state index contributed by atoms with van der Waals surface area (Å²) < 4.78 is 2.16. The molecule has 0 spiro atoms. The number of nitrogens with one attached hydrogen (secondary N) is 2. The lowest BCUT2D eigenvalue weighted by molar-refractivity contribution is 0.102. The first-order valence-corrected chi connectivity index (χ1v) is 10.3. The van der Waals surface area contributed by atoms with Crippen LogP contribution in [0.3, 0.4) is 0 Å². The van der Waals surface area contributed by atoms with Crippen LogP contribution in [0.2, 0.25) is 0 Å². The van der Waals surface area contributed by atoms with Gasteiger partial charge >= 0.3 is 0 Å². The van der Waals surface area contributed by atoms with Gasteiger partial charge in [0.1, 0.15) is 11.8 Å². The summed E-state index contributed by atoms with van der Waals surface area (Å²) in [4.78, 5) is 24.6. The molecule has 4 N–H and O–H groups in total. The van der Waals surface area contributed by atoms with Crippen LogP contribution in [0.5, 0.6) is 0 Å². The lowest BCUT2D eigenvalue weighted by Gasteiger charge is -2.12. The van der Waals surface area contributed by atoms with Crippen LogP contribution < -0.4 is 11.1 Å². The predicted molar refractivity (Wildman–Crippen MR) is 122 cm³/mol. The van der Waals surface area contributed by atoms with Crippen LogP contribution in [0.15, 0.2) is 61.1 Å². The molecule has 0 atom stereocenters. The summed E-state index contributed by atoms with van der Waals surface area (Å²) >= 11 is 0. The molecular weight excluding hydrogens is 388 g/mol. The second-order valence-corrected chi connectivity index (χ2v) is 7.82. The van der Waals surface area contributed by atoms with E-state index in [4.69, 9.17) is 5.73 Å². The fourth-order valence-corrected chi connectivity index (χ4v) is 4.63. The van der Waals surface area contributed by atoms with Gasteiger partial charge in [0.2, 0.25) is 0 Å². The number of benzene rings is 2. The average Bonchev–Trinajstić information content (AvgIpc) is 3.49. The summed E-state index contributed by atoms with van der Waals surface area (Å²) in [5, 5.41) is 3.90. The van der Waals surface area contributed by atoms with Gasteiger partial charge in [0.15, 0.2) is 5.82 Å². The number of para-hydroxylation sites is 1. The highest BCUT2D eigenvalue weighted by Crippen LogP contribution is 2.36. The maximum Gasteiger partial charge on any atom is 0.257 e. The lowest BCUT2D eigenvalue weighted by atomic mass is 10.1. The standard InChI is InChI=1S/C24H20N6O/c25-23-22-21(27-13-28-23)17-5-3-7-20(17)30(22)15-10-8-14(9-11-15)29-24(31)18-12-26-19-6-2-1-4-16(18)19/h1-2,4,6,8-13,26H,3,5,7H2,(H,29,31)(H2,25,27,28). The SMILES string of the molecule is Nc1ncnc2c3c(n(-c4ccc(NC(=O)c5c[nH]c6ccccc56)cc4)c12)CCC3. The molecule has 0 radical (unpaired) electrons. The zero-order valence-corrected chi connectivity index (χ0v) is 16.7. The minimum absolute atomic E-state index is 0.143. The van der Waals surface area contributed by atoms with E-state index in [1.54, 1.807) is 6.20 Å². The molecule has 2 aromatic carbocycles. The van der Waals surface area contributed by atoms with Crippen LogP contribution in [0.1, 0.15) is 28.0 Å². The summed E-state index contributed by atoms with van der Waals surface area (Å²) in [6, 6.07) is 15.6. The maximum absolute atomic E-state index is 12.8. The number of rotatable bonds is 3. The Morgan fingerprint density at radius 1 is 1.06 bits per heavy atom. The second kappa shape index (κ2) is 6.70. The number of hydrogen-bond donors (Lipinski definition) is 3. The van der Waals surface area contributed by atoms with Crippen LogP contribution in [0, 0.1) is 0 Å². The lowest BCUT2D eigenvalue weighted by Crippen LogP contribution is -2.11. The zero-order valence-electron chi connectivity index (χ0n) is 16.7. The largest absolute Gasteiger partial charge is 0.382 e. The van der Waals surface area contributed by atoms with Crippen LogP contribution in [-0.4, -0.2) is 25.4 Å². The summed E-state index contributed by atoms with van der Waals surface area (Å²) in [5.74, 6) is 0.339. The summed E-state index contributed by atoms with van der Waals surface area (Å²) in [6.45, 7) is 0. The van der Waals surface area contributed by atoms with Crippen molar-refractivity contribution < 1.29 is 4.79 Å². The number of aromatic nitrogens is 4. The normalized spacial score (nSPS) is 13.0. The highest BCUT2D eigenvalue weighted by atomic mass is 16.1. The zero-order chi connectivity index (χ0) is 20.9. The molecule has 1 aliphatic carbocycles. The third-order valence-electron chi connectivity index (χ3n) is 6.04. The average molecular weight is 408 g/mol. The van der Waals surface area contributed by atoms with Gasteiger partial charge in [-0.2, -0.15) is 0 Å². The molecule has 7 heteroatoms. The molecule has 0 saturated carbocycles. The maximum atomic E-state index is 12.8. The molecule has 152 valence electrons. The minimum atomic E-state index is -0.143. The van der Waals surface area contributed by atoms with Crippen molar-refractivity contribution in [3.63, 3.8) is 0 Å². The number of carbonyl (C=O) groups is 1. The Morgan fingerprint density at radius 3 is 2.77 bits per heavy atom. The smallest absolute Gasteiger partial charge is 0.257 e. The number of carbonyl (C=O) groups excluding carboxylic acids is 1. The highest BCUT2D eigenvalue weighted by Gasteiger charge is 2.25. The number of amides is 1. The number of fused-ring (bicyclic) bond motifs is 4. The van der Waals surface area contributed by atoms with E-state index in [9.17, 15) is 4.79 Å². The van der Waals surface area contributed by atoms with Gasteiger partial charge in [-0.25, -0.2) is 9.97 Å². The van der Waals surface area contributed by atoms with Crippen LogP contribution in [0.25, 0.3) is 27.6 Å². The molecule has 6 rings (SSSR count). The first-order chi connectivity index (χ1) is 15.2. The predicted octanol–water partition coefficient (Wildman–Crippen LogP) is 4.23. The Hall–Kier alpha value is -4.13. The van der Waals surface area contributed by atoms with Gasteiger partial charge in [0, 0.05) is 34.2 Å². The minimum Gasteiger partial charge on any atom is -0.382 e. The number of nitrogens with two attached hydrogens (primary N) is 1. The number of anilines is 2. The second-order valence-electron chi connectivity index (χ2n) is 7.82. The first-order valence-electron chi connectivity index (χ1n) is 10.3. The molecule has 0 aliphatic heterocycles. The van der Waals surface area contributed by atoms with Crippen molar-refractivity contribution in [2.75, 3.05) is 11.1 Å². The number of aromatic amines is 1. The summed E-state index contributed by atoms with van der Waals surface area (Å²) in [5.41, 5.74) is 13.8. The topological polar surface area (TPSA) is 102 Å². The van der Waals surface area contributed by atoms with Gasteiger partial charge in [-0.1, -0.05) is 18.2 Å². The van der Waals surface area contributed by atoms with E-state index in [2.05, 4.69) is 24.8 Å². The quantitative estimate of drug-likeness (QED) is 0.416. The first kappa shape index (κ1) is 17.7. The van der Waals surface area contributed by atoms with E-state index in [-0.39, 0.29) is 5.91 Å². The summed E-state index contributed by atoms with van der Waals surface area (Å²) in [6.07, 6.45) is 6.39. The number of nitrogens with zero attached hydrogens (tertiary/aromatic N) is 3. The van der Waals surface area contributed by atoms with E-state index in [0.29, 0.717) is 11.4 Å². The highest BCUT2D eigenvalue weighted by molar-refractivity contribution is 6.12. The van der Waals surface area contributed by atoms with Crippen molar-refractivity contribution in [1.29, 1.82) is 0 Å². The molecule has 3 aromatic heterocycles. The van der Waals surface area contributed by atoms with Crippen molar-refractivity contribution in [1.82, 2.24) is 19.5 Å². The van der Waals surface area contributed by atoms with Crippen molar-refractivity contribution >= 4 is 39.3 Å². The molecule has 0 bridgehead atoms. The van der Waals surface area contributed by atoms with Gasteiger partial charge in [-0.3, -0.25) is 4.79 Å². The summed E-state index contributed by atoms with van der Waals surface area (Å²) in [7, 11) is 0. The van der Waals surface area contributed by atoms with E-state index < -0.39 is 0 Å². The van der Waals surface area contributed by atoms with Crippen molar-refractivity contribution in [3.05, 3.63) is 77.9 Å². The number of aryl methyl sites for hydroxylation is 1. The van der Waals surface area contributed by atoms with E-state index in [1.165, 1.54) is 17.6 Å². The number of nitrogen functional groups attached to an aromatic ring is 1. The molecule has 1 aliphatic rings. The van der Waals surface area contributed by atoms with E-state index >= 15 is 0 Å². The monoisotopic (exact) mass is 408 g/mol. The third kappa shape index (κ3) is 2.70. The Morgan fingerprint density at radius 2 is 1.90 bits per heavy atom. The van der Waals surface area contributed by atoms with Crippen LogP contribution in [0.4, 0.5) is 11.5 Å². The van der Waals surface area contributed by atoms with Crippen molar-refractivity contribution in [2.45, 2.75) is 19.3 Å². The van der Waals surface area contributed by atoms with E-state index in [0.717, 1.165) is 52.6 Å². The molecule has 1 amide bonds. The molecule has 0 saturated heterocycles. The van der Waals surface area contributed by atoms with Gasteiger partial charge < -0.3 is 20.6 Å². The Bertz CT molecular complexity index is 1460. The number of hydrogen-bond acceptors (Lipinski definition) is 4. The van der Waals surface area contributed by atoms with Gasteiger partial charge in [-0.05, 0) is 55.2 Å². The molecular formula is C24H20N6O. The van der Waals surface area contributed by atoms with Crippen molar-refractivity contribution in [2.24, 2.45) is 0 Å². The van der Waals surface area contributed by atoms with Crippen molar-refractivity contribution in [3.8, 4) is 5.69 Å². The Labute approximate surface area is 177 Å². The molecule has 3 heterocycles. The van der Waals surface area contributed by atoms with Gasteiger partial charge in [-0.15, -0.1) is 0 Å². The number of H-pyrrole nitrogens is 1. The Kier molecular flexibility index (Phi) is 3.83. The molecule has 0 unspecified atom stereocenters. The third-order valence-corrected chi connectivity index (χ3v) is 6.04. The van der Waals surface area contributed by atoms with Crippen LogP contribution >= 0.6 is 0 Å². The molecule has 0 fully saturated rings. The Balaban J connectivity index is 1.35. The molecule has 31 heavy (non-hydrogen) atoms. The molecule has 7 nitrogen and oxygen atoms in total. The molecule has 5 aromatic rings.